The van der Waals surface area contributed by atoms with Gasteiger partial charge in [0.15, 0.2) is 0 Å². The van der Waals surface area contributed by atoms with E-state index in [2.05, 4.69) is 5.32 Å². The fraction of sp³-hybridized carbons (Fsp3) is 0.167. The molecule has 6 nitrogen and oxygen atoms in total. The molecule has 0 aliphatic heterocycles. The quantitative estimate of drug-likeness (QED) is 0.823. The number of benzene rings is 1. The average Bonchev–Trinajstić information content (AvgIpc) is 3.11. The smallest absolute Gasteiger partial charge is 0.246 e. The molecule has 2 amide bonds. The Bertz CT molecular complexity index is 756. The van der Waals surface area contributed by atoms with Gasteiger partial charge in [0.05, 0.1) is 31.0 Å². The summed E-state index contributed by atoms with van der Waals surface area (Å²) in [5, 5.41) is 11.4. The largest absolute Gasteiger partial charge is 0.467 e. The van der Waals surface area contributed by atoms with E-state index in [1.807, 2.05) is 6.07 Å². The monoisotopic (exact) mass is 323 g/mol. The maximum Gasteiger partial charge on any atom is 0.246 e. The van der Waals surface area contributed by atoms with Gasteiger partial charge < -0.3 is 14.6 Å². The minimum Gasteiger partial charge on any atom is -0.467 e. The minimum absolute atomic E-state index is 0.0444. The van der Waals surface area contributed by atoms with Crippen LogP contribution in [-0.2, 0) is 16.1 Å². The van der Waals surface area contributed by atoms with Crippen molar-refractivity contribution < 1.29 is 14.0 Å². The number of nitriles is 1. The van der Waals surface area contributed by atoms with Gasteiger partial charge in [0, 0.05) is 13.1 Å². The molecule has 0 bridgehead atoms. The standard InChI is InChI=1S/C18H17N3O3/c1-21(13-17(22)20-12-16-3-2-10-24-16)18(23)9-8-14-4-6-15(11-19)7-5-14/h2-10H,12-13H2,1H3,(H,20,22). The third kappa shape index (κ3) is 5.14. The Kier molecular flexibility index (Phi) is 5.92. The number of nitrogens with one attached hydrogen (secondary N) is 1. The number of carbonyl (C=O) groups is 2. The lowest BCUT2D eigenvalue weighted by molar-refractivity contribution is -0.131. The Balaban J connectivity index is 1.81. The highest BCUT2D eigenvalue weighted by Crippen LogP contribution is 2.05. The molecule has 2 aromatic rings. The van der Waals surface area contributed by atoms with Gasteiger partial charge in [-0.15, -0.1) is 0 Å². The predicted octanol–water partition coefficient (Wildman–Crippen LogP) is 1.94. The molecular formula is C18H17N3O3. The van der Waals surface area contributed by atoms with E-state index in [0.717, 1.165) is 5.56 Å². The first-order chi connectivity index (χ1) is 11.6. The fourth-order valence-corrected chi connectivity index (χ4v) is 1.91. The van der Waals surface area contributed by atoms with Gasteiger partial charge in [-0.3, -0.25) is 9.59 Å². The summed E-state index contributed by atoms with van der Waals surface area (Å²) in [5.41, 5.74) is 1.36. The summed E-state index contributed by atoms with van der Waals surface area (Å²) in [7, 11) is 1.55. The Morgan fingerprint density at radius 2 is 2.04 bits per heavy atom. The number of amides is 2. The zero-order valence-electron chi connectivity index (χ0n) is 13.2. The fourth-order valence-electron chi connectivity index (χ4n) is 1.91. The molecular weight excluding hydrogens is 306 g/mol. The summed E-state index contributed by atoms with van der Waals surface area (Å²) in [5.74, 6) is 0.0968. The lowest BCUT2D eigenvalue weighted by Crippen LogP contribution is -2.37. The highest BCUT2D eigenvalue weighted by Gasteiger charge is 2.10. The molecule has 0 aliphatic rings. The van der Waals surface area contributed by atoms with Crippen LogP contribution in [0.15, 0.2) is 53.2 Å². The van der Waals surface area contributed by atoms with E-state index in [9.17, 15) is 9.59 Å². The summed E-state index contributed by atoms with van der Waals surface area (Å²) in [6.07, 6.45) is 4.56. The van der Waals surface area contributed by atoms with Crippen LogP contribution in [0.1, 0.15) is 16.9 Å². The molecule has 0 saturated carbocycles. The van der Waals surface area contributed by atoms with Crippen molar-refractivity contribution in [2.45, 2.75) is 6.54 Å². The summed E-state index contributed by atoms with van der Waals surface area (Å²) in [6.45, 7) is 0.242. The molecule has 1 N–H and O–H groups in total. The highest BCUT2D eigenvalue weighted by molar-refractivity contribution is 5.94. The molecule has 0 unspecified atom stereocenters. The van der Waals surface area contributed by atoms with Gasteiger partial charge in [0.2, 0.25) is 11.8 Å². The van der Waals surface area contributed by atoms with E-state index < -0.39 is 0 Å². The Morgan fingerprint density at radius 1 is 1.29 bits per heavy atom. The number of likely N-dealkylation sites (N-methyl/N-ethyl adjacent to an activating group) is 1. The first-order valence-electron chi connectivity index (χ1n) is 7.31. The van der Waals surface area contributed by atoms with E-state index in [1.165, 1.54) is 17.2 Å². The van der Waals surface area contributed by atoms with Gasteiger partial charge in [0.25, 0.3) is 0 Å². The van der Waals surface area contributed by atoms with Crippen molar-refractivity contribution in [2.24, 2.45) is 0 Å². The maximum absolute atomic E-state index is 12.0. The summed E-state index contributed by atoms with van der Waals surface area (Å²) in [4.78, 5) is 25.1. The van der Waals surface area contributed by atoms with Crippen LogP contribution in [0.4, 0.5) is 0 Å². The van der Waals surface area contributed by atoms with Gasteiger partial charge in [-0.05, 0) is 35.9 Å². The van der Waals surface area contributed by atoms with Crippen LogP contribution in [0.2, 0.25) is 0 Å². The van der Waals surface area contributed by atoms with Crippen LogP contribution in [0, 0.1) is 11.3 Å². The summed E-state index contributed by atoms with van der Waals surface area (Å²) in [6, 6.07) is 12.4. The van der Waals surface area contributed by atoms with Crippen LogP contribution >= 0.6 is 0 Å². The molecule has 122 valence electrons. The van der Waals surface area contributed by atoms with Crippen LogP contribution in [0.3, 0.4) is 0 Å². The third-order valence-electron chi connectivity index (χ3n) is 3.26. The number of carbonyl (C=O) groups excluding carboxylic acids is 2. The number of rotatable bonds is 6. The lowest BCUT2D eigenvalue weighted by Gasteiger charge is -2.14. The first kappa shape index (κ1) is 17.0. The minimum atomic E-state index is -0.285. The van der Waals surface area contributed by atoms with Gasteiger partial charge in [-0.2, -0.15) is 5.26 Å². The van der Waals surface area contributed by atoms with Crippen LogP contribution in [0.25, 0.3) is 6.08 Å². The molecule has 1 aromatic carbocycles. The normalized spacial score (nSPS) is 10.3. The van der Waals surface area contributed by atoms with E-state index in [0.29, 0.717) is 11.3 Å². The Labute approximate surface area is 140 Å². The van der Waals surface area contributed by atoms with E-state index in [-0.39, 0.29) is 24.9 Å². The molecule has 2 rings (SSSR count). The second kappa shape index (κ2) is 8.34. The number of nitrogens with zero attached hydrogens (tertiary/aromatic N) is 2. The predicted molar refractivity (Wildman–Crippen MR) is 88.4 cm³/mol. The molecule has 24 heavy (non-hydrogen) atoms. The molecule has 0 aliphatic carbocycles. The van der Waals surface area contributed by atoms with Crippen molar-refractivity contribution in [1.82, 2.24) is 10.2 Å². The van der Waals surface area contributed by atoms with Crippen molar-refractivity contribution in [2.75, 3.05) is 13.6 Å². The highest BCUT2D eigenvalue weighted by atomic mass is 16.3. The number of hydrogen-bond acceptors (Lipinski definition) is 4. The topological polar surface area (TPSA) is 86.3 Å². The second-order valence-corrected chi connectivity index (χ2v) is 5.12. The van der Waals surface area contributed by atoms with Gasteiger partial charge in [0.1, 0.15) is 5.76 Å². The van der Waals surface area contributed by atoms with Crippen molar-refractivity contribution in [3.05, 3.63) is 65.6 Å². The SMILES string of the molecule is CN(CC(=O)NCc1ccco1)C(=O)C=Cc1ccc(C#N)cc1. The molecule has 0 radical (unpaired) electrons. The maximum atomic E-state index is 12.0. The molecule has 1 aromatic heterocycles. The summed E-state index contributed by atoms with van der Waals surface area (Å²) < 4.78 is 5.11. The Morgan fingerprint density at radius 3 is 2.67 bits per heavy atom. The van der Waals surface area contributed by atoms with Gasteiger partial charge in [-0.1, -0.05) is 12.1 Å². The van der Waals surface area contributed by atoms with Crippen molar-refractivity contribution >= 4 is 17.9 Å². The zero-order chi connectivity index (χ0) is 17.4. The van der Waals surface area contributed by atoms with Crippen molar-refractivity contribution in [3.63, 3.8) is 0 Å². The number of furan rings is 1. The van der Waals surface area contributed by atoms with E-state index in [4.69, 9.17) is 9.68 Å². The molecule has 0 atom stereocenters. The molecule has 0 spiro atoms. The Hall–Kier alpha value is -3.33. The zero-order valence-corrected chi connectivity index (χ0v) is 13.2. The number of hydrogen-bond donors (Lipinski definition) is 1. The second-order valence-electron chi connectivity index (χ2n) is 5.12. The van der Waals surface area contributed by atoms with Crippen LogP contribution in [-0.4, -0.2) is 30.3 Å². The first-order valence-corrected chi connectivity index (χ1v) is 7.31. The van der Waals surface area contributed by atoms with E-state index in [1.54, 1.807) is 49.5 Å². The average molecular weight is 323 g/mol. The summed E-state index contributed by atoms with van der Waals surface area (Å²) >= 11 is 0. The third-order valence-corrected chi connectivity index (χ3v) is 3.26. The molecule has 0 fully saturated rings. The lowest BCUT2D eigenvalue weighted by atomic mass is 10.1. The van der Waals surface area contributed by atoms with E-state index >= 15 is 0 Å². The van der Waals surface area contributed by atoms with Gasteiger partial charge in [-0.25, -0.2) is 0 Å². The van der Waals surface area contributed by atoms with Crippen LogP contribution in [0.5, 0.6) is 0 Å². The van der Waals surface area contributed by atoms with Gasteiger partial charge >= 0.3 is 0 Å². The molecule has 0 saturated heterocycles. The van der Waals surface area contributed by atoms with Crippen molar-refractivity contribution in [3.8, 4) is 6.07 Å². The molecule has 1 heterocycles. The molecule has 6 heteroatoms. The van der Waals surface area contributed by atoms with Crippen molar-refractivity contribution in [1.29, 1.82) is 5.26 Å². The van der Waals surface area contributed by atoms with Crippen LogP contribution < -0.4 is 5.32 Å².